The second-order valence-corrected chi connectivity index (χ2v) is 4.28. The van der Waals surface area contributed by atoms with E-state index in [1.165, 1.54) is 25.3 Å². The van der Waals surface area contributed by atoms with Crippen LogP contribution in [0.5, 0.6) is 5.75 Å². The molecule has 0 aliphatic rings. The lowest BCUT2D eigenvalue weighted by Crippen LogP contribution is -2.41. The molecule has 0 fully saturated rings. The molecule has 19 heavy (non-hydrogen) atoms. The maximum atomic E-state index is 12.0. The van der Waals surface area contributed by atoms with Gasteiger partial charge >= 0.3 is 5.97 Å². The number of methoxy groups -OCH3 is 1. The number of phenols is 1. The van der Waals surface area contributed by atoms with Crippen LogP contribution in [0.25, 0.3) is 0 Å². The molecule has 1 aromatic rings. The SMILES string of the molecule is CCC(C)(OC)C(=O)Nc1ccc(C(=O)O)c(O)c1. The summed E-state index contributed by atoms with van der Waals surface area (Å²) >= 11 is 0. The Labute approximate surface area is 111 Å². The number of aromatic carboxylic acids is 1. The summed E-state index contributed by atoms with van der Waals surface area (Å²) in [4.78, 5) is 22.7. The van der Waals surface area contributed by atoms with Crippen LogP contribution in [0.2, 0.25) is 0 Å². The molecule has 6 nitrogen and oxygen atoms in total. The van der Waals surface area contributed by atoms with Crippen LogP contribution in [0.3, 0.4) is 0 Å². The fourth-order valence-electron chi connectivity index (χ4n) is 1.45. The number of hydrogen-bond acceptors (Lipinski definition) is 4. The van der Waals surface area contributed by atoms with Crippen LogP contribution in [-0.2, 0) is 9.53 Å². The number of carbonyl (C=O) groups is 2. The van der Waals surface area contributed by atoms with Gasteiger partial charge in [-0.2, -0.15) is 0 Å². The van der Waals surface area contributed by atoms with Crippen molar-refractivity contribution in [1.82, 2.24) is 0 Å². The number of rotatable bonds is 5. The van der Waals surface area contributed by atoms with E-state index in [-0.39, 0.29) is 11.5 Å². The Kier molecular flexibility index (Phi) is 4.50. The van der Waals surface area contributed by atoms with Gasteiger partial charge in [-0.1, -0.05) is 6.92 Å². The highest BCUT2D eigenvalue weighted by atomic mass is 16.5. The third kappa shape index (κ3) is 3.23. The maximum absolute atomic E-state index is 12.0. The standard InChI is InChI=1S/C13H17NO5/c1-4-13(2,19-3)12(18)14-8-5-6-9(11(16)17)10(15)7-8/h5-7,15H,4H2,1-3H3,(H,14,18)(H,16,17). The normalized spacial score (nSPS) is 13.6. The third-order valence-electron chi connectivity index (χ3n) is 3.09. The van der Waals surface area contributed by atoms with Crippen molar-refractivity contribution in [3.63, 3.8) is 0 Å². The van der Waals surface area contributed by atoms with Crippen molar-refractivity contribution in [2.45, 2.75) is 25.9 Å². The van der Waals surface area contributed by atoms with Crippen molar-refractivity contribution in [3.05, 3.63) is 23.8 Å². The van der Waals surface area contributed by atoms with Crippen molar-refractivity contribution < 1.29 is 24.5 Å². The van der Waals surface area contributed by atoms with Gasteiger partial charge in [0.05, 0.1) is 0 Å². The summed E-state index contributed by atoms with van der Waals surface area (Å²) < 4.78 is 5.14. The number of nitrogens with one attached hydrogen (secondary N) is 1. The third-order valence-corrected chi connectivity index (χ3v) is 3.09. The Morgan fingerprint density at radius 1 is 1.42 bits per heavy atom. The topological polar surface area (TPSA) is 95.9 Å². The summed E-state index contributed by atoms with van der Waals surface area (Å²) in [6.07, 6.45) is 0.481. The van der Waals surface area contributed by atoms with Crippen molar-refractivity contribution in [2.24, 2.45) is 0 Å². The zero-order valence-electron chi connectivity index (χ0n) is 11.1. The zero-order chi connectivity index (χ0) is 14.6. The lowest BCUT2D eigenvalue weighted by Gasteiger charge is -2.25. The number of amides is 1. The molecule has 1 aromatic carbocycles. The summed E-state index contributed by atoms with van der Waals surface area (Å²) in [6, 6.07) is 3.82. The molecular formula is C13H17NO5. The largest absolute Gasteiger partial charge is 0.507 e. The molecular weight excluding hydrogens is 250 g/mol. The number of hydrogen-bond donors (Lipinski definition) is 3. The van der Waals surface area contributed by atoms with Gasteiger partial charge in [0.2, 0.25) is 0 Å². The van der Waals surface area contributed by atoms with E-state index in [0.29, 0.717) is 12.1 Å². The Morgan fingerprint density at radius 3 is 2.47 bits per heavy atom. The van der Waals surface area contributed by atoms with Crippen molar-refractivity contribution >= 4 is 17.6 Å². The fourth-order valence-corrected chi connectivity index (χ4v) is 1.45. The van der Waals surface area contributed by atoms with E-state index in [1.807, 2.05) is 6.92 Å². The van der Waals surface area contributed by atoms with Crippen LogP contribution < -0.4 is 5.32 Å². The van der Waals surface area contributed by atoms with Crippen LogP contribution in [-0.4, -0.2) is 34.8 Å². The summed E-state index contributed by atoms with van der Waals surface area (Å²) in [7, 11) is 1.44. The highest BCUT2D eigenvalue weighted by molar-refractivity contribution is 5.98. The summed E-state index contributed by atoms with van der Waals surface area (Å²) in [5, 5.41) is 20.9. The molecule has 0 spiro atoms. The Hall–Kier alpha value is -2.08. The number of carboxylic acids is 1. The lowest BCUT2D eigenvalue weighted by molar-refractivity contribution is -0.136. The molecule has 3 N–H and O–H groups in total. The Balaban J connectivity index is 2.92. The number of benzene rings is 1. The first kappa shape index (κ1) is 15.0. The van der Waals surface area contributed by atoms with E-state index in [1.54, 1.807) is 6.92 Å². The average Bonchev–Trinajstić information content (AvgIpc) is 2.37. The molecule has 1 atom stereocenters. The Bertz CT molecular complexity index is 494. The van der Waals surface area contributed by atoms with Crippen LogP contribution in [0.15, 0.2) is 18.2 Å². The van der Waals surface area contributed by atoms with E-state index < -0.39 is 17.3 Å². The summed E-state index contributed by atoms with van der Waals surface area (Å²) in [6.45, 7) is 3.46. The summed E-state index contributed by atoms with van der Waals surface area (Å²) in [5.74, 6) is -1.99. The number of aromatic hydroxyl groups is 1. The molecule has 0 saturated carbocycles. The number of carboxylic acid groups (broad SMARTS) is 1. The van der Waals surface area contributed by atoms with Gasteiger partial charge in [-0.15, -0.1) is 0 Å². The van der Waals surface area contributed by atoms with Crippen LogP contribution in [0.1, 0.15) is 30.6 Å². The van der Waals surface area contributed by atoms with Crippen molar-refractivity contribution in [1.29, 1.82) is 0 Å². The first-order valence-electron chi connectivity index (χ1n) is 5.77. The van der Waals surface area contributed by atoms with Crippen LogP contribution in [0.4, 0.5) is 5.69 Å². The second-order valence-electron chi connectivity index (χ2n) is 4.28. The van der Waals surface area contributed by atoms with E-state index in [2.05, 4.69) is 5.32 Å². The Morgan fingerprint density at radius 2 is 2.05 bits per heavy atom. The van der Waals surface area contributed by atoms with Gasteiger partial charge in [-0.25, -0.2) is 4.79 Å². The van der Waals surface area contributed by atoms with Crippen LogP contribution >= 0.6 is 0 Å². The van der Waals surface area contributed by atoms with E-state index in [4.69, 9.17) is 9.84 Å². The number of carbonyl (C=O) groups excluding carboxylic acids is 1. The van der Waals surface area contributed by atoms with E-state index in [0.717, 1.165) is 0 Å². The molecule has 1 unspecified atom stereocenters. The molecule has 1 rings (SSSR count). The molecule has 0 heterocycles. The van der Waals surface area contributed by atoms with Crippen LogP contribution in [0, 0.1) is 0 Å². The smallest absolute Gasteiger partial charge is 0.339 e. The molecule has 1 amide bonds. The second kappa shape index (κ2) is 5.71. The fraction of sp³-hybridized carbons (Fsp3) is 0.385. The molecule has 104 valence electrons. The highest BCUT2D eigenvalue weighted by Gasteiger charge is 2.31. The monoisotopic (exact) mass is 267 g/mol. The summed E-state index contributed by atoms with van der Waals surface area (Å²) in [5.41, 5.74) is -0.881. The predicted molar refractivity (Wildman–Crippen MR) is 69.4 cm³/mol. The minimum absolute atomic E-state index is 0.219. The van der Waals surface area contributed by atoms with E-state index in [9.17, 15) is 14.7 Å². The lowest BCUT2D eigenvalue weighted by atomic mass is 10.0. The van der Waals surface area contributed by atoms with Gasteiger partial charge in [-0.3, -0.25) is 4.79 Å². The van der Waals surface area contributed by atoms with Gasteiger partial charge < -0.3 is 20.3 Å². The highest BCUT2D eigenvalue weighted by Crippen LogP contribution is 2.24. The minimum atomic E-state index is -1.23. The molecule has 0 saturated heterocycles. The van der Waals surface area contributed by atoms with Crippen molar-refractivity contribution in [3.8, 4) is 5.75 Å². The molecule has 0 aliphatic heterocycles. The molecule has 0 bridgehead atoms. The predicted octanol–water partition coefficient (Wildman–Crippen LogP) is 1.84. The van der Waals surface area contributed by atoms with Gasteiger partial charge in [0.25, 0.3) is 5.91 Å². The number of anilines is 1. The van der Waals surface area contributed by atoms with Gasteiger partial charge in [0, 0.05) is 18.9 Å². The average molecular weight is 267 g/mol. The first-order chi connectivity index (χ1) is 8.84. The molecule has 0 aliphatic carbocycles. The first-order valence-corrected chi connectivity index (χ1v) is 5.77. The van der Waals surface area contributed by atoms with Gasteiger partial charge in [0.1, 0.15) is 16.9 Å². The number of ether oxygens (including phenoxy) is 1. The van der Waals surface area contributed by atoms with Gasteiger partial charge in [-0.05, 0) is 25.5 Å². The van der Waals surface area contributed by atoms with E-state index >= 15 is 0 Å². The molecule has 6 heteroatoms. The van der Waals surface area contributed by atoms with Crippen molar-refractivity contribution in [2.75, 3.05) is 12.4 Å². The zero-order valence-corrected chi connectivity index (χ0v) is 11.1. The maximum Gasteiger partial charge on any atom is 0.339 e. The van der Waals surface area contributed by atoms with Gasteiger partial charge in [0.15, 0.2) is 0 Å². The minimum Gasteiger partial charge on any atom is -0.507 e. The molecule has 0 radical (unpaired) electrons. The quantitative estimate of drug-likeness (QED) is 0.756. The molecule has 0 aromatic heterocycles.